The highest BCUT2D eigenvalue weighted by atomic mass is 35.5. The normalized spacial score (nSPS) is 24.0. The first kappa shape index (κ1) is 13.6. The molecule has 0 radical (unpaired) electrons. The first-order valence-corrected chi connectivity index (χ1v) is 6.77. The Balaban J connectivity index is 2.24. The van der Waals surface area contributed by atoms with E-state index >= 15 is 0 Å². The van der Waals surface area contributed by atoms with Crippen molar-refractivity contribution in [2.45, 2.75) is 44.4 Å². The molecule has 1 aliphatic rings. The summed E-state index contributed by atoms with van der Waals surface area (Å²) in [5.74, 6) is 0.713. The van der Waals surface area contributed by atoms with Gasteiger partial charge >= 0.3 is 0 Å². The summed E-state index contributed by atoms with van der Waals surface area (Å²) in [6.45, 7) is 0.398. The van der Waals surface area contributed by atoms with Crippen LogP contribution in [0.2, 0.25) is 5.02 Å². The van der Waals surface area contributed by atoms with Crippen molar-refractivity contribution in [3.63, 3.8) is 0 Å². The van der Waals surface area contributed by atoms with Crippen molar-refractivity contribution in [1.82, 2.24) is 4.98 Å². The molecule has 0 saturated heterocycles. The highest BCUT2D eigenvalue weighted by Crippen LogP contribution is 2.31. The lowest BCUT2D eigenvalue weighted by Gasteiger charge is -2.36. The van der Waals surface area contributed by atoms with Gasteiger partial charge in [0.05, 0.1) is 17.2 Å². The van der Waals surface area contributed by atoms with Gasteiger partial charge in [-0.3, -0.25) is 0 Å². The Labute approximate surface area is 113 Å². The van der Waals surface area contributed by atoms with E-state index in [4.69, 9.17) is 17.3 Å². The van der Waals surface area contributed by atoms with Crippen LogP contribution in [0.1, 0.15) is 31.2 Å². The Morgan fingerprint density at radius 2 is 2.22 bits per heavy atom. The Hall–Kier alpha value is -0.840. The van der Waals surface area contributed by atoms with E-state index in [1.807, 2.05) is 18.0 Å². The Morgan fingerprint density at radius 3 is 2.89 bits per heavy atom. The van der Waals surface area contributed by atoms with Gasteiger partial charge in [0.25, 0.3) is 0 Å². The number of hydrogen-bond acceptors (Lipinski definition) is 4. The Morgan fingerprint density at radius 1 is 1.50 bits per heavy atom. The molecule has 1 saturated carbocycles. The van der Waals surface area contributed by atoms with Crippen molar-refractivity contribution in [3.05, 3.63) is 22.8 Å². The van der Waals surface area contributed by atoms with Gasteiger partial charge in [0.15, 0.2) is 0 Å². The molecule has 5 heteroatoms. The minimum atomic E-state index is -0.303. The fourth-order valence-corrected chi connectivity index (χ4v) is 2.90. The van der Waals surface area contributed by atoms with Crippen molar-refractivity contribution in [2.75, 3.05) is 11.9 Å². The largest absolute Gasteiger partial charge is 0.391 e. The molecule has 0 amide bonds. The van der Waals surface area contributed by atoms with Crippen LogP contribution in [-0.4, -0.2) is 29.3 Å². The maximum Gasteiger partial charge on any atom is 0.147 e. The zero-order valence-corrected chi connectivity index (χ0v) is 11.4. The van der Waals surface area contributed by atoms with Gasteiger partial charge in [-0.05, 0) is 24.5 Å². The molecule has 0 aliphatic heterocycles. The third-order valence-corrected chi connectivity index (χ3v) is 4.11. The van der Waals surface area contributed by atoms with Crippen LogP contribution in [0, 0.1) is 0 Å². The third kappa shape index (κ3) is 2.60. The van der Waals surface area contributed by atoms with Gasteiger partial charge in [0.2, 0.25) is 0 Å². The molecule has 1 aromatic rings. The maximum absolute atomic E-state index is 10.1. The summed E-state index contributed by atoms with van der Waals surface area (Å²) in [5.41, 5.74) is 6.53. The van der Waals surface area contributed by atoms with Crippen molar-refractivity contribution in [1.29, 1.82) is 0 Å². The maximum atomic E-state index is 10.1. The lowest BCUT2D eigenvalue weighted by atomic mass is 9.91. The molecule has 3 N–H and O–H groups in total. The summed E-state index contributed by atoms with van der Waals surface area (Å²) in [4.78, 5) is 6.32. The second-order valence-corrected chi connectivity index (χ2v) is 5.22. The molecule has 0 bridgehead atoms. The lowest BCUT2D eigenvalue weighted by Crippen LogP contribution is -2.44. The zero-order chi connectivity index (χ0) is 13.1. The van der Waals surface area contributed by atoms with E-state index in [0.29, 0.717) is 17.4 Å². The fourth-order valence-electron chi connectivity index (χ4n) is 2.58. The topological polar surface area (TPSA) is 62.4 Å². The highest BCUT2D eigenvalue weighted by Gasteiger charge is 2.28. The van der Waals surface area contributed by atoms with Crippen LogP contribution in [0.25, 0.3) is 0 Å². The number of likely N-dealkylation sites (N-methyl/N-ethyl adjacent to an activating group) is 1. The van der Waals surface area contributed by atoms with Gasteiger partial charge in [-0.1, -0.05) is 24.4 Å². The van der Waals surface area contributed by atoms with E-state index < -0.39 is 0 Å². The first-order chi connectivity index (χ1) is 8.65. The molecule has 2 unspecified atom stereocenters. The molecule has 1 heterocycles. The Kier molecular flexibility index (Phi) is 4.43. The average molecular weight is 270 g/mol. The number of aliphatic hydroxyl groups is 1. The number of aliphatic hydroxyl groups excluding tert-OH is 1. The molecule has 2 atom stereocenters. The summed E-state index contributed by atoms with van der Waals surface area (Å²) in [6.07, 6.45) is 5.47. The first-order valence-electron chi connectivity index (χ1n) is 6.39. The molecule has 2 rings (SSSR count). The van der Waals surface area contributed by atoms with E-state index in [1.165, 1.54) is 0 Å². The lowest BCUT2D eigenvalue weighted by molar-refractivity contribution is 0.106. The molecule has 18 heavy (non-hydrogen) atoms. The van der Waals surface area contributed by atoms with Crippen LogP contribution in [0.4, 0.5) is 5.82 Å². The van der Waals surface area contributed by atoms with Gasteiger partial charge in [-0.15, -0.1) is 0 Å². The standard InChI is InChI=1S/C13H20ClN3O/c1-17(10-4-2-3-5-11(10)18)13-12(14)9(8-15)6-7-16-13/h6-7,10-11,18H,2-5,8,15H2,1H3. The second-order valence-electron chi connectivity index (χ2n) is 4.84. The van der Waals surface area contributed by atoms with E-state index in [1.54, 1.807) is 6.20 Å². The predicted octanol–water partition coefficient (Wildman–Crippen LogP) is 1.93. The van der Waals surface area contributed by atoms with Crippen LogP contribution >= 0.6 is 11.6 Å². The number of rotatable bonds is 3. The third-order valence-electron chi connectivity index (χ3n) is 3.70. The molecular formula is C13H20ClN3O. The summed E-state index contributed by atoms with van der Waals surface area (Å²) < 4.78 is 0. The molecule has 1 aliphatic carbocycles. The number of halogens is 1. The number of anilines is 1. The SMILES string of the molecule is CN(c1nccc(CN)c1Cl)C1CCCCC1O. The molecular weight excluding hydrogens is 250 g/mol. The molecule has 4 nitrogen and oxygen atoms in total. The van der Waals surface area contributed by atoms with E-state index in [-0.39, 0.29) is 12.1 Å². The molecule has 100 valence electrons. The summed E-state index contributed by atoms with van der Waals surface area (Å²) in [7, 11) is 1.94. The summed E-state index contributed by atoms with van der Waals surface area (Å²) in [6, 6.07) is 1.92. The van der Waals surface area contributed by atoms with Crippen LogP contribution in [-0.2, 0) is 6.54 Å². The van der Waals surface area contributed by atoms with Crippen LogP contribution < -0.4 is 10.6 Å². The minimum Gasteiger partial charge on any atom is -0.391 e. The fraction of sp³-hybridized carbons (Fsp3) is 0.615. The number of nitrogens with two attached hydrogens (primary N) is 1. The smallest absolute Gasteiger partial charge is 0.147 e. The van der Waals surface area contributed by atoms with Crippen molar-refractivity contribution in [2.24, 2.45) is 5.73 Å². The number of aromatic nitrogens is 1. The number of nitrogens with zero attached hydrogens (tertiary/aromatic N) is 2. The highest BCUT2D eigenvalue weighted by molar-refractivity contribution is 6.33. The van der Waals surface area contributed by atoms with E-state index in [9.17, 15) is 5.11 Å². The Bertz CT molecular complexity index is 413. The average Bonchev–Trinajstić information content (AvgIpc) is 2.39. The van der Waals surface area contributed by atoms with E-state index in [0.717, 1.165) is 31.2 Å². The molecule has 0 spiro atoms. The quantitative estimate of drug-likeness (QED) is 0.880. The molecule has 1 aromatic heterocycles. The van der Waals surface area contributed by atoms with Crippen LogP contribution in [0.5, 0.6) is 0 Å². The number of hydrogen-bond donors (Lipinski definition) is 2. The minimum absolute atomic E-state index is 0.0942. The number of pyridine rings is 1. The summed E-state index contributed by atoms with van der Waals surface area (Å²) in [5, 5.41) is 10.7. The summed E-state index contributed by atoms with van der Waals surface area (Å²) >= 11 is 6.30. The van der Waals surface area contributed by atoms with Crippen molar-refractivity contribution >= 4 is 17.4 Å². The monoisotopic (exact) mass is 269 g/mol. The van der Waals surface area contributed by atoms with Crippen molar-refractivity contribution < 1.29 is 5.11 Å². The second kappa shape index (κ2) is 5.87. The van der Waals surface area contributed by atoms with Gasteiger partial charge in [-0.25, -0.2) is 4.98 Å². The molecule has 0 aromatic carbocycles. The van der Waals surface area contributed by atoms with Crippen molar-refractivity contribution in [3.8, 4) is 0 Å². The predicted molar refractivity (Wildman–Crippen MR) is 73.8 cm³/mol. The van der Waals surface area contributed by atoms with Gasteiger partial charge < -0.3 is 15.7 Å². The zero-order valence-electron chi connectivity index (χ0n) is 10.6. The molecule has 1 fully saturated rings. The van der Waals surface area contributed by atoms with Crippen LogP contribution in [0.15, 0.2) is 12.3 Å². The van der Waals surface area contributed by atoms with Gasteiger partial charge in [0.1, 0.15) is 5.82 Å². The van der Waals surface area contributed by atoms with Gasteiger partial charge in [0, 0.05) is 19.8 Å². The van der Waals surface area contributed by atoms with Crippen LogP contribution in [0.3, 0.4) is 0 Å². The van der Waals surface area contributed by atoms with E-state index in [2.05, 4.69) is 4.98 Å². The van der Waals surface area contributed by atoms with Gasteiger partial charge in [-0.2, -0.15) is 0 Å².